The van der Waals surface area contributed by atoms with Gasteiger partial charge in [0, 0.05) is 26.7 Å². The lowest BCUT2D eigenvalue weighted by atomic mass is 10.3. The maximum absolute atomic E-state index is 12.8. The summed E-state index contributed by atoms with van der Waals surface area (Å²) < 4.78 is 63.2. The van der Waals surface area contributed by atoms with E-state index in [0.29, 0.717) is 23.8 Å². The van der Waals surface area contributed by atoms with Crippen LogP contribution in [-0.4, -0.2) is 50.0 Å². The zero-order chi connectivity index (χ0) is 26.0. The lowest BCUT2D eigenvalue weighted by Gasteiger charge is -2.16. The number of nitrogens with one attached hydrogen (secondary N) is 2. The summed E-state index contributed by atoms with van der Waals surface area (Å²) in [6, 6.07) is 9.65. The van der Waals surface area contributed by atoms with Crippen molar-refractivity contribution >= 4 is 49.1 Å². The molecule has 2 aromatic carbocycles. The van der Waals surface area contributed by atoms with Gasteiger partial charge in [0.05, 0.1) is 26.7 Å². The molecule has 11 nitrogen and oxygen atoms in total. The van der Waals surface area contributed by atoms with Gasteiger partial charge >= 0.3 is 16.2 Å². The van der Waals surface area contributed by atoms with E-state index in [1.807, 2.05) is 6.92 Å². The van der Waals surface area contributed by atoms with Crippen molar-refractivity contribution in [2.24, 2.45) is 0 Å². The van der Waals surface area contributed by atoms with Crippen LogP contribution in [-0.2, 0) is 26.8 Å². The molecular weight excluding hydrogens is 539 g/mol. The standard InChI is InChI=1S/C20H24Cl2N6O5S2/c1-5-28-19(13(2)25-34(29,30)16-9-10-17(21)18(22)12-16)23-24-20(28)33-15-8-6-7-14(11-15)26-35(31,32)27(3)4/h6-13,25-26H,5H2,1-4H3/t13-/m1/s1. The van der Waals surface area contributed by atoms with Gasteiger partial charge in [0.1, 0.15) is 5.75 Å². The highest BCUT2D eigenvalue weighted by Crippen LogP contribution is 2.28. The van der Waals surface area contributed by atoms with Crippen molar-refractivity contribution in [1.29, 1.82) is 0 Å². The fourth-order valence-electron chi connectivity index (χ4n) is 2.96. The van der Waals surface area contributed by atoms with Crippen LogP contribution in [0.4, 0.5) is 5.69 Å². The molecule has 0 aliphatic carbocycles. The van der Waals surface area contributed by atoms with Gasteiger partial charge in [0.25, 0.3) is 0 Å². The Bertz CT molecular complexity index is 1430. The molecule has 0 fully saturated rings. The van der Waals surface area contributed by atoms with Gasteiger partial charge in [-0.15, -0.1) is 5.10 Å². The molecule has 0 spiro atoms. The lowest BCUT2D eigenvalue weighted by Crippen LogP contribution is -2.29. The van der Waals surface area contributed by atoms with Crippen molar-refractivity contribution in [2.75, 3.05) is 18.8 Å². The normalized spacial score (nSPS) is 13.1. The number of halogens is 2. The molecular formula is C20H24Cl2N6O5S2. The summed E-state index contributed by atoms with van der Waals surface area (Å²) in [7, 11) is -4.81. The summed E-state index contributed by atoms with van der Waals surface area (Å²) in [5.41, 5.74) is 0.293. The van der Waals surface area contributed by atoms with E-state index in [2.05, 4.69) is 19.6 Å². The van der Waals surface area contributed by atoms with E-state index in [1.165, 1.54) is 38.4 Å². The van der Waals surface area contributed by atoms with Gasteiger partial charge < -0.3 is 4.74 Å². The molecule has 3 aromatic rings. The molecule has 0 radical (unpaired) electrons. The molecule has 0 aliphatic rings. The summed E-state index contributed by atoms with van der Waals surface area (Å²) >= 11 is 11.8. The molecule has 3 rings (SSSR count). The molecule has 0 saturated heterocycles. The Morgan fingerprint density at radius 3 is 2.40 bits per heavy atom. The highest BCUT2D eigenvalue weighted by atomic mass is 35.5. The second-order valence-electron chi connectivity index (χ2n) is 7.52. The molecule has 1 atom stereocenters. The van der Waals surface area contributed by atoms with Crippen LogP contribution >= 0.6 is 23.2 Å². The molecule has 0 bridgehead atoms. The number of hydrogen-bond donors (Lipinski definition) is 2. The van der Waals surface area contributed by atoms with Crippen LogP contribution < -0.4 is 14.2 Å². The maximum atomic E-state index is 12.8. The molecule has 0 aliphatic heterocycles. The summed E-state index contributed by atoms with van der Waals surface area (Å²) in [5.74, 6) is 0.622. The van der Waals surface area contributed by atoms with E-state index in [0.717, 1.165) is 4.31 Å². The van der Waals surface area contributed by atoms with Crippen molar-refractivity contribution < 1.29 is 21.6 Å². The smallest absolute Gasteiger partial charge is 0.322 e. The predicted octanol–water partition coefficient (Wildman–Crippen LogP) is 3.65. The van der Waals surface area contributed by atoms with E-state index in [9.17, 15) is 16.8 Å². The van der Waals surface area contributed by atoms with Crippen LogP contribution in [0.3, 0.4) is 0 Å². The fraction of sp³-hybridized carbons (Fsp3) is 0.300. The van der Waals surface area contributed by atoms with Crippen molar-refractivity contribution in [1.82, 2.24) is 23.8 Å². The summed E-state index contributed by atoms with van der Waals surface area (Å²) in [6.45, 7) is 3.82. The first-order valence-corrected chi connectivity index (χ1v) is 13.9. The van der Waals surface area contributed by atoms with Crippen molar-refractivity contribution in [3.63, 3.8) is 0 Å². The maximum Gasteiger partial charge on any atom is 0.322 e. The van der Waals surface area contributed by atoms with Crippen LogP contribution in [0, 0.1) is 0 Å². The molecule has 1 aromatic heterocycles. The molecule has 35 heavy (non-hydrogen) atoms. The van der Waals surface area contributed by atoms with E-state index < -0.39 is 26.3 Å². The minimum atomic E-state index is -3.94. The second kappa shape index (κ2) is 10.7. The van der Waals surface area contributed by atoms with Crippen LogP contribution in [0.5, 0.6) is 11.8 Å². The van der Waals surface area contributed by atoms with Gasteiger partial charge in [-0.1, -0.05) is 34.4 Å². The summed E-state index contributed by atoms with van der Waals surface area (Å²) in [6.07, 6.45) is 0. The lowest BCUT2D eigenvalue weighted by molar-refractivity contribution is 0.408. The minimum Gasteiger partial charge on any atom is -0.424 e. The van der Waals surface area contributed by atoms with Gasteiger partial charge in [0.2, 0.25) is 10.0 Å². The Labute approximate surface area is 214 Å². The van der Waals surface area contributed by atoms with E-state index >= 15 is 0 Å². The average molecular weight is 563 g/mol. The first-order valence-electron chi connectivity index (χ1n) is 10.2. The van der Waals surface area contributed by atoms with Crippen molar-refractivity contribution in [2.45, 2.75) is 31.3 Å². The zero-order valence-electron chi connectivity index (χ0n) is 19.2. The third-order valence-corrected chi connectivity index (χ3v) is 8.49. The Hall–Kier alpha value is -2.42. The molecule has 190 valence electrons. The molecule has 2 N–H and O–H groups in total. The largest absolute Gasteiger partial charge is 0.424 e. The van der Waals surface area contributed by atoms with Gasteiger partial charge in [0.15, 0.2) is 5.82 Å². The van der Waals surface area contributed by atoms with Crippen LogP contribution in [0.2, 0.25) is 10.0 Å². The quantitative estimate of drug-likeness (QED) is 0.384. The Morgan fingerprint density at radius 1 is 1.06 bits per heavy atom. The Morgan fingerprint density at radius 2 is 1.77 bits per heavy atom. The molecule has 0 saturated carbocycles. The fourth-order valence-corrected chi connectivity index (χ4v) is 5.16. The molecule has 0 amide bonds. The van der Waals surface area contributed by atoms with E-state index in [-0.39, 0.29) is 21.0 Å². The Balaban J connectivity index is 1.82. The topological polar surface area (TPSA) is 136 Å². The minimum absolute atomic E-state index is 0.0465. The van der Waals surface area contributed by atoms with Gasteiger partial charge in [-0.3, -0.25) is 9.29 Å². The van der Waals surface area contributed by atoms with Gasteiger partial charge in [-0.2, -0.15) is 12.7 Å². The van der Waals surface area contributed by atoms with Crippen LogP contribution in [0.25, 0.3) is 0 Å². The number of benzene rings is 2. The SMILES string of the molecule is CCn1c(Oc2cccc(NS(=O)(=O)N(C)C)c2)nnc1[C@@H](C)NS(=O)(=O)c1ccc(Cl)c(Cl)c1. The monoisotopic (exact) mass is 562 g/mol. The first kappa shape index (κ1) is 27.2. The molecule has 0 unspecified atom stereocenters. The number of aromatic nitrogens is 3. The van der Waals surface area contributed by atoms with Crippen molar-refractivity contribution in [3.05, 3.63) is 58.3 Å². The number of ether oxygens (including phenoxy) is 1. The molecule has 15 heteroatoms. The third kappa shape index (κ3) is 6.42. The number of hydrogen-bond acceptors (Lipinski definition) is 7. The predicted molar refractivity (Wildman–Crippen MR) is 134 cm³/mol. The summed E-state index contributed by atoms with van der Waals surface area (Å²) in [5, 5.41) is 8.48. The highest BCUT2D eigenvalue weighted by molar-refractivity contribution is 7.90. The second-order valence-corrected chi connectivity index (χ2v) is 11.9. The molecule has 1 heterocycles. The number of nitrogens with zero attached hydrogens (tertiary/aromatic N) is 4. The van der Waals surface area contributed by atoms with E-state index in [1.54, 1.807) is 29.7 Å². The first-order chi connectivity index (χ1) is 16.3. The highest BCUT2D eigenvalue weighted by Gasteiger charge is 2.25. The average Bonchev–Trinajstić information content (AvgIpc) is 3.17. The number of rotatable bonds is 10. The third-order valence-electron chi connectivity index (χ3n) is 4.75. The van der Waals surface area contributed by atoms with Gasteiger partial charge in [-0.05, 0) is 44.2 Å². The van der Waals surface area contributed by atoms with Crippen molar-refractivity contribution in [3.8, 4) is 11.8 Å². The number of anilines is 1. The van der Waals surface area contributed by atoms with Crippen LogP contribution in [0.1, 0.15) is 25.7 Å². The van der Waals surface area contributed by atoms with E-state index in [4.69, 9.17) is 27.9 Å². The zero-order valence-corrected chi connectivity index (χ0v) is 22.4. The van der Waals surface area contributed by atoms with Crippen LogP contribution in [0.15, 0.2) is 47.4 Å². The number of sulfonamides is 1. The van der Waals surface area contributed by atoms with Gasteiger partial charge in [-0.25, -0.2) is 13.1 Å². The Kier molecular flexibility index (Phi) is 8.29. The summed E-state index contributed by atoms with van der Waals surface area (Å²) in [4.78, 5) is -0.0465.